The summed E-state index contributed by atoms with van der Waals surface area (Å²) in [5.74, 6) is 0.00463. The summed E-state index contributed by atoms with van der Waals surface area (Å²) in [6, 6.07) is 1.57. The zero-order valence-corrected chi connectivity index (χ0v) is 6.00. The Hall–Kier alpha value is -1.17. The summed E-state index contributed by atoms with van der Waals surface area (Å²) in [4.78, 5) is 3.62. The van der Waals surface area contributed by atoms with Crippen LogP contribution in [-0.2, 0) is 0 Å². The molecule has 3 N–H and O–H groups in total. The number of nitrogens with two attached hydrogens (primary N) is 1. The maximum absolute atomic E-state index is 10.4. The summed E-state index contributed by atoms with van der Waals surface area (Å²) in [6.07, 6.45) is 1.46. The van der Waals surface area contributed by atoms with Crippen molar-refractivity contribution in [3.8, 4) is 0 Å². The number of aromatic nitrogens is 1. The first kappa shape index (κ1) is 7.93. The minimum atomic E-state index is -1.28. The Balaban J connectivity index is 3.21. The number of rotatable bonds is 1. The van der Waals surface area contributed by atoms with Gasteiger partial charge in [-0.2, -0.15) is 0 Å². The van der Waals surface area contributed by atoms with E-state index in [4.69, 9.17) is 5.73 Å². The van der Waals surface area contributed by atoms with E-state index in [0.717, 1.165) is 0 Å². The van der Waals surface area contributed by atoms with Crippen molar-refractivity contribution >= 4 is 11.5 Å². The van der Waals surface area contributed by atoms with Crippen LogP contribution in [0.5, 0.6) is 0 Å². The molecule has 0 saturated heterocycles. The fourth-order valence-corrected chi connectivity index (χ4v) is 0.845. The van der Waals surface area contributed by atoms with Gasteiger partial charge >= 0.3 is 0 Å². The number of aryl methyl sites for hydroxylation is 1. The van der Waals surface area contributed by atoms with Crippen molar-refractivity contribution in [1.29, 1.82) is 0 Å². The molecule has 5 heteroatoms. The van der Waals surface area contributed by atoms with Crippen molar-refractivity contribution in [3.63, 3.8) is 0 Å². The molecule has 60 valence electrons. The van der Waals surface area contributed by atoms with E-state index in [0.29, 0.717) is 5.56 Å². The molecule has 0 saturated carbocycles. The third-order valence-corrected chi connectivity index (χ3v) is 1.39. The topological polar surface area (TPSA) is 89.5 Å². The van der Waals surface area contributed by atoms with Crippen LogP contribution < -0.4 is 11.0 Å². The van der Waals surface area contributed by atoms with Crippen LogP contribution in [0.1, 0.15) is 5.56 Å². The van der Waals surface area contributed by atoms with Crippen LogP contribution in [0.25, 0.3) is 0 Å². The highest BCUT2D eigenvalue weighted by Crippen LogP contribution is 2.14. The SMILES string of the molecule is Cc1ccnc(N)c1[NH+]([O-])[O-]. The Labute approximate surface area is 63.6 Å². The molecule has 0 radical (unpaired) electrons. The van der Waals surface area contributed by atoms with Crippen LogP contribution >= 0.6 is 0 Å². The lowest BCUT2D eigenvalue weighted by Gasteiger charge is -2.26. The van der Waals surface area contributed by atoms with Gasteiger partial charge in [0.25, 0.3) is 0 Å². The third kappa shape index (κ3) is 1.45. The number of nitrogens with zero attached hydrogens (tertiary/aromatic N) is 1. The van der Waals surface area contributed by atoms with Gasteiger partial charge in [0.1, 0.15) is 0 Å². The molecule has 1 aromatic rings. The second kappa shape index (κ2) is 2.83. The average Bonchev–Trinajstić information content (AvgIpc) is 1.85. The summed E-state index contributed by atoms with van der Waals surface area (Å²) in [7, 11) is 0. The van der Waals surface area contributed by atoms with Crippen molar-refractivity contribution in [2.45, 2.75) is 6.92 Å². The van der Waals surface area contributed by atoms with Crippen molar-refractivity contribution in [1.82, 2.24) is 4.98 Å². The van der Waals surface area contributed by atoms with E-state index < -0.39 is 5.23 Å². The van der Waals surface area contributed by atoms with Crippen molar-refractivity contribution in [2.24, 2.45) is 0 Å². The lowest BCUT2D eigenvalue weighted by Crippen LogP contribution is -2.96. The summed E-state index contributed by atoms with van der Waals surface area (Å²) >= 11 is 0. The van der Waals surface area contributed by atoms with Gasteiger partial charge < -0.3 is 21.4 Å². The minimum Gasteiger partial charge on any atom is -0.628 e. The predicted octanol–water partition coefficient (Wildman–Crippen LogP) is -0.516. The van der Waals surface area contributed by atoms with Crippen LogP contribution in [-0.4, -0.2) is 4.98 Å². The summed E-state index contributed by atoms with van der Waals surface area (Å²) in [5.41, 5.74) is 5.84. The number of pyridine rings is 1. The number of quaternary nitrogens is 1. The smallest absolute Gasteiger partial charge is 0.186 e. The number of hydrogen-bond acceptors (Lipinski definition) is 4. The fraction of sp³-hybridized carbons (Fsp3) is 0.167. The first-order valence-electron chi connectivity index (χ1n) is 3.05. The Morgan fingerprint density at radius 1 is 1.55 bits per heavy atom. The standard InChI is InChI=1S/C6H8N3O2/c1-4-2-3-8-6(7)5(4)9(10)11/h2-3,9H,1H3,(H2,7,8)/q-1. The highest BCUT2D eigenvalue weighted by Gasteiger charge is 2.05. The van der Waals surface area contributed by atoms with E-state index >= 15 is 0 Å². The van der Waals surface area contributed by atoms with Gasteiger partial charge in [0.05, 0.1) is 0 Å². The Morgan fingerprint density at radius 3 is 2.55 bits per heavy atom. The molecule has 0 atom stereocenters. The minimum absolute atomic E-state index is 0.00463. The number of nitrogen functional groups attached to an aromatic ring is 1. The zero-order valence-electron chi connectivity index (χ0n) is 6.00. The van der Waals surface area contributed by atoms with Gasteiger partial charge in [0.2, 0.25) is 0 Å². The van der Waals surface area contributed by atoms with E-state index in [1.807, 2.05) is 0 Å². The van der Waals surface area contributed by atoms with Gasteiger partial charge in [-0.1, -0.05) is 0 Å². The lowest BCUT2D eigenvalue weighted by atomic mass is 10.2. The summed E-state index contributed by atoms with van der Waals surface area (Å²) < 4.78 is 0. The normalized spacial score (nSPS) is 10.5. The van der Waals surface area contributed by atoms with Gasteiger partial charge in [0.15, 0.2) is 11.5 Å². The molecule has 0 spiro atoms. The fourth-order valence-electron chi connectivity index (χ4n) is 0.845. The maximum Gasteiger partial charge on any atom is 0.186 e. The number of anilines is 1. The molecule has 0 aromatic carbocycles. The van der Waals surface area contributed by atoms with Gasteiger partial charge in [-0.3, -0.25) is 0 Å². The summed E-state index contributed by atoms with van der Waals surface area (Å²) in [6.45, 7) is 1.64. The van der Waals surface area contributed by atoms with E-state index in [-0.39, 0.29) is 11.5 Å². The number of nitrogens with one attached hydrogen (secondary N) is 1. The average molecular weight is 154 g/mol. The van der Waals surface area contributed by atoms with Crippen LogP contribution in [0.15, 0.2) is 12.3 Å². The highest BCUT2D eigenvalue weighted by molar-refractivity contribution is 5.56. The van der Waals surface area contributed by atoms with Crippen LogP contribution in [0, 0.1) is 17.3 Å². The van der Waals surface area contributed by atoms with Gasteiger partial charge in [-0.15, -0.1) is 0 Å². The second-order valence-corrected chi connectivity index (χ2v) is 2.18. The molecule has 0 aliphatic carbocycles. The van der Waals surface area contributed by atoms with E-state index in [1.165, 1.54) is 6.20 Å². The van der Waals surface area contributed by atoms with Crippen molar-refractivity contribution in [2.75, 3.05) is 5.73 Å². The van der Waals surface area contributed by atoms with Crippen molar-refractivity contribution in [3.05, 3.63) is 28.2 Å². The molecule has 1 rings (SSSR count). The largest absolute Gasteiger partial charge is 0.628 e. The maximum atomic E-state index is 10.4. The van der Waals surface area contributed by atoms with E-state index in [1.54, 1.807) is 13.0 Å². The summed E-state index contributed by atoms with van der Waals surface area (Å²) in [5, 5.41) is 19.5. The monoisotopic (exact) mass is 154 g/mol. The molecular formula is C6H8N3O2-. The molecule has 11 heavy (non-hydrogen) atoms. The van der Waals surface area contributed by atoms with Crippen LogP contribution in [0.3, 0.4) is 0 Å². The molecular weight excluding hydrogens is 146 g/mol. The lowest BCUT2D eigenvalue weighted by molar-refractivity contribution is -0.715. The molecule has 1 aromatic heterocycles. The van der Waals surface area contributed by atoms with Gasteiger partial charge in [-0.25, -0.2) is 4.98 Å². The van der Waals surface area contributed by atoms with E-state index in [2.05, 4.69) is 4.98 Å². The molecule has 0 fully saturated rings. The zero-order chi connectivity index (χ0) is 8.43. The molecule has 0 unspecified atom stereocenters. The Morgan fingerprint density at radius 2 is 2.18 bits per heavy atom. The third-order valence-electron chi connectivity index (χ3n) is 1.39. The molecule has 1 heterocycles. The quantitative estimate of drug-likeness (QED) is 0.533. The van der Waals surface area contributed by atoms with Crippen LogP contribution in [0.4, 0.5) is 11.5 Å². The molecule has 0 aliphatic rings. The number of hydrogen-bond donors (Lipinski definition) is 2. The first-order chi connectivity index (χ1) is 5.13. The second-order valence-electron chi connectivity index (χ2n) is 2.18. The Bertz CT molecular complexity index is 242. The molecule has 0 bridgehead atoms. The van der Waals surface area contributed by atoms with Gasteiger partial charge in [-0.05, 0) is 13.0 Å². The highest BCUT2D eigenvalue weighted by atomic mass is 16.8. The Kier molecular flexibility index (Phi) is 2.04. The molecule has 0 aliphatic heterocycles. The molecule has 0 amide bonds. The first-order valence-corrected chi connectivity index (χ1v) is 3.05. The van der Waals surface area contributed by atoms with E-state index in [9.17, 15) is 10.4 Å². The van der Waals surface area contributed by atoms with Gasteiger partial charge in [0, 0.05) is 11.8 Å². The van der Waals surface area contributed by atoms with Crippen molar-refractivity contribution < 1.29 is 5.23 Å². The predicted molar refractivity (Wildman–Crippen MR) is 40.7 cm³/mol. The molecule has 5 nitrogen and oxygen atoms in total. The van der Waals surface area contributed by atoms with Crippen LogP contribution in [0.2, 0.25) is 0 Å².